The van der Waals surface area contributed by atoms with Crippen molar-refractivity contribution in [1.29, 1.82) is 0 Å². The predicted molar refractivity (Wildman–Crippen MR) is 33.5 cm³/mol. The Hall–Kier alpha value is -0.900. The lowest BCUT2D eigenvalue weighted by atomic mass is 9.98. The SMILES string of the molecule is O=CC1CNCC1C(=O)O. The van der Waals surface area contributed by atoms with Crippen LogP contribution >= 0.6 is 0 Å². The van der Waals surface area contributed by atoms with Crippen molar-refractivity contribution in [2.75, 3.05) is 13.1 Å². The summed E-state index contributed by atoms with van der Waals surface area (Å²) >= 11 is 0. The van der Waals surface area contributed by atoms with E-state index in [0.29, 0.717) is 19.4 Å². The summed E-state index contributed by atoms with van der Waals surface area (Å²) < 4.78 is 0. The molecule has 2 N–H and O–H groups in total. The van der Waals surface area contributed by atoms with Gasteiger partial charge in [0.25, 0.3) is 0 Å². The van der Waals surface area contributed by atoms with Gasteiger partial charge in [0.1, 0.15) is 6.29 Å². The Kier molecular flexibility index (Phi) is 2.01. The van der Waals surface area contributed by atoms with Gasteiger partial charge in [0.15, 0.2) is 0 Å². The molecule has 10 heavy (non-hydrogen) atoms. The van der Waals surface area contributed by atoms with Crippen LogP contribution in [-0.4, -0.2) is 30.5 Å². The van der Waals surface area contributed by atoms with Crippen LogP contribution in [0.4, 0.5) is 0 Å². The number of aliphatic carboxylic acids is 1. The molecule has 1 aliphatic heterocycles. The van der Waals surface area contributed by atoms with Crippen LogP contribution in [0.25, 0.3) is 0 Å². The van der Waals surface area contributed by atoms with Crippen molar-refractivity contribution in [3.63, 3.8) is 0 Å². The number of carbonyl (C=O) groups excluding carboxylic acids is 1. The van der Waals surface area contributed by atoms with E-state index in [1.54, 1.807) is 0 Å². The lowest BCUT2D eigenvalue weighted by molar-refractivity contribution is -0.143. The molecule has 4 nitrogen and oxygen atoms in total. The van der Waals surface area contributed by atoms with Gasteiger partial charge in [-0.2, -0.15) is 0 Å². The molecule has 1 aliphatic rings. The highest BCUT2D eigenvalue weighted by atomic mass is 16.4. The molecular formula is C6H9NO3. The molecule has 4 heteroatoms. The second-order valence-electron chi connectivity index (χ2n) is 2.40. The first-order valence-electron chi connectivity index (χ1n) is 3.14. The minimum absolute atomic E-state index is 0.336. The van der Waals surface area contributed by atoms with E-state index in [1.165, 1.54) is 0 Å². The summed E-state index contributed by atoms with van der Waals surface area (Å²) in [6.07, 6.45) is 0.707. The molecule has 1 heterocycles. The van der Waals surface area contributed by atoms with Gasteiger partial charge in [-0.05, 0) is 0 Å². The average molecular weight is 143 g/mol. The third kappa shape index (κ3) is 1.16. The predicted octanol–water partition coefficient (Wildman–Crippen LogP) is -0.895. The monoisotopic (exact) mass is 143 g/mol. The summed E-state index contributed by atoms with van der Waals surface area (Å²) in [5.74, 6) is -1.74. The van der Waals surface area contributed by atoms with Gasteiger partial charge in [0.2, 0.25) is 0 Å². The molecule has 0 amide bonds. The smallest absolute Gasteiger partial charge is 0.308 e. The average Bonchev–Trinajstić information content (AvgIpc) is 2.33. The third-order valence-corrected chi connectivity index (χ3v) is 1.75. The van der Waals surface area contributed by atoms with Crippen molar-refractivity contribution in [2.24, 2.45) is 11.8 Å². The Morgan fingerprint density at radius 3 is 2.70 bits per heavy atom. The van der Waals surface area contributed by atoms with Crippen molar-refractivity contribution in [1.82, 2.24) is 5.32 Å². The Morgan fingerprint density at radius 1 is 1.60 bits per heavy atom. The summed E-state index contributed by atoms with van der Waals surface area (Å²) in [6.45, 7) is 0.916. The lowest BCUT2D eigenvalue weighted by Crippen LogP contribution is -2.22. The Morgan fingerprint density at radius 2 is 2.30 bits per heavy atom. The van der Waals surface area contributed by atoms with Crippen molar-refractivity contribution < 1.29 is 14.7 Å². The van der Waals surface area contributed by atoms with Gasteiger partial charge in [0.05, 0.1) is 5.92 Å². The van der Waals surface area contributed by atoms with Crippen molar-refractivity contribution in [2.45, 2.75) is 0 Å². The molecule has 2 atom stereocenters. The quantitative estimate of drug-likeness (QED) is 0.492. The van der Waals surface area contributed by atoms with Crippen LogP contribution in [0.2, 0.25) is 0 Å². The third-order valence-electron chi connectivity index (χ3n) is 1.75. The lowest BCUT2D eigenvalue weighted by Gasteiger charge is -2.04. The molecule has 0 radical (unpaired) electrons. The Balaban J connectivity index is 2.58. The van der Waals surface area contributed by atoms with Crippen LogP contribution in [0.15, 0.2) is 0 Å². The van der Waals surface area contributed by atoms with Gasteiger partial charge in [0, 0.05) is 19.0 Å². The van der Waals surface area contributed by atoms with E-state index in [2.05, 4.69) is 5.32 Å². The van der Waals surface area contributed by atoms with Crippen molar-refractivity contribution >= 4 is 12.3 Å². The number of carboxylic acids is 1. The summed E-state index contributed by atoms with van der Waals surface area (Å²) in [6, 6.07) is 0. The standard InChI is InChI=1S/C6H9NO3/c8-3-4-1-7-2-5(4)6(9)10/h3-5,7H,1-2H2,(H,9,10). The molecule has 56 valence electrons. The summed E-state index contributed by atoms with van der Waals surface area (Å²) in [4.78, 5) is 20.6. The molecule has 0 spiro atoms. The number of nitrogens with one attached hydrogen (secondary N) is 1. The number of hydrogen-bond acceptors (Lipinski definition) is 3. The Bertz CT molecular complexity index is 157. The topological polar surface area (TPSA) is 66.4 Å². The molecule has 0 aromatic rings. The highest BCUT2D eigenvalue weighted by Crippen LogP contribution is 2.13. The van der Waals surface area contributed by atoms with Crippen molar-refractivity contribution in [3.05, 3.63) is 0 Å². The number of carboxylic acid groups (broad SMARTS) is 1. The van der Waals surface area contributed by atoms with E-state index in [1.807, 2.05) is 0 Å². The Labute approximate surface area is 58.2 Å². The van der Waals surface area contributed by atoms with Crippen LogP contribution < -0.4 is 5.32 Å². The number of rotatable bonds is 2. The maximum Gasteiger partial charge on any atom is 0.308 e. The zero-order valence-electron chi connectivity index (χ0n) is 5.41. The maximum atomic E-state index is 10.4. The van der Waals surface area contributed by atoms with Crippen LogP contribution in [0, 0.1) is 11.8 Å². The van der Waals surface area contributed by atoms with E-state index < -0.39 is 11.9 Å². The van der Waals surface area contributed by atoms with Gasteiger partial charge in [-0.3, -0.25) is 4.79 Å². The van der Waals surface area contributed by atoms with Gasteiger partial charge < -0.3 is 15.2 Å². The first-order chi connectivity index (χ1) is 4.75. The molecule has 1 rings (SSSR count). The van der Waals surface area contributed by atoms with E-state index in [4.69, 9.17) is 5.11 Å². The maximum absolute atomic E-state index is 10.4. The van der Waals surface area contributed by atoms with E-state index >= 15 is 0 Å². The van der Waals surface area contributed by atoms with Crippen LogP contribution in [0.1, 0.15) is 0 Å². The number of carbonyl (C=O) groups is 2. The molecule has 0 aromatic carbocycles. The molecule has 1 fully saturated rings. The highest BCUT2D eigenvalue weighted by Gasteiger charge is 2.32. The van der Waals surface area contributed by atoms with Crippen molar-refractivity contribution in [3.8, 4) is 0 Å². The number of aldehydes is 1. The zero-order chi connectivity index (χ0) is 7.56. The molecular weight excluding hydrogens is 134 g/mol. The van der Waals surface area contributed by atoms with E-state index in [0.717, 1.165) is 0 Å². The fourth-order valence-electron chi connectivity index (χ4n) is 1.11. The first kappa shape index (κ1) is 7.21. The van der Waals surface area contributed by atoms with Gasteiger partial charge in [-0.25, -0.2) is 0 Å². The molecule has 0 aliphatic carbocycles. The normalized spacial score (nSPS) is 32.0. The highest BCUT2D eigenvalue weighted by molar-refractivity contribution is 5.76. The summed E-state index contributed by atoms with van der Waals surface area (Å²) in [5.41, 5.74) is 0. The minimum Gasteiger partial charge on any atom is -0.481 e. The minimum atomic E-state index is -0.887. The zero-order valence-corrected chi connectivity index (χ0v) is 5.41. The van der Waals surface area contributed by atoms with E-state index in [-0.39, 0.29) is 5.92 Å². The molecule has 0 bridgehead atoms. The van der Waals surface area contributed by atoms with Gasteiger partial charge >= 0.3 is 5.97 Å². The van der Waals surface area contributed by atoms with Crippen LogP contribution in [-0.2, 0) is 9.59 Å². The summed E-state index contributed by atoms with van der Waals surface area (Å²) in [7, 11) is 0. The second kappa shape index (κ2) is 2.79. The molecule has 0 aromatic heterocycles. The van der Waals surface area contributed by atoms with Crippen LogP contribution in [0.3, 0.4) is 0 Å². The first-order valence-corrected chi connectivity index (χ1v) is 3.14. The number of hydrogen-bond donors (Lipinski definition) is 2. The molecule has 0 saturated carbocycles. The van der Waals surface area contributed by atoms with Gasteiger partial charge in [-0.15, -0.1) is 0 Å². The fraction of sp³-hybridized carbons (Fsp3) is 0.667. The summed E-state index contributed by atoms with van der Waals surface area (Å²) in [5, 5.41) is 11.4. The van der Waals surface area contributed by atoms with E-state index in [9.17, 15) is 9.59 Å². The van der Waals surface area contributed by atoms with Gasteiger partial charge in [-0.1, -0.05) is 0 Å². The molecule has 2 unspecified atom stereocenters. The van der Waals surface area contributed by atoms with Crippen LogP contribution in [0.5, 0.6) is 0 Å². The molecule has 1 saturated heterocycles. The second-order valence-corrected chi connectivity index (χ2v) is 2.40. The largest absolute Gasteiger partial charge is 0.481 e. The fourth-order valence-corrected chi connectivity index (χ4v) is 1.11.